The summed E-state index contributed by atoms with van der Waals surface area (Å²) in [5.41, 5.74) is 2.40. The second kappa shape index (κ2) is 6.34. The number of nitrogens with zero attached hydrogens (tertiary/aromatic N) is 3. The molecule has 0 bridgehead atoms. The normalized spacial score (nSPS) is 12.2. The zero-order valence-electron chi connectivity index (χ0n) is 12.1. The van der Waals surface area contributed by atoms with Crippen molar-refractivity contribution in [2.75, 3.05) is 6.61 Å². The van der Waals surface area contributed by atoms with Gasteiger partial charge in [0.05, 0.1) is 12.1 Å². The molecule has 2 rings (SSSR count). The molecule has 1 aromatic carbocycles. The summed E-state index contributed by atoms with van der Waals surface area (Å²) in [7, 11) is -1.07. The Hall–Kier alpha value is -0.763. The van der Waals surface area contributed by atoms with Crippen LogP contribution in [0.1, 0.15) is 5.56 Å². The second-order valence-electron chi connectivity index (χ2n) is 6.03. The number of rotatable bonds is 6. The van der Waals surface area contributed by atoms with Crippen LogP contribution in [-0.4, -0.2) is 34.8 Å². The highest BCUT2D eigenvalue weighted by atomic mass is 79.9. The summed E-state index contributed by atoms with van der Waals surface area (Å²) >= 11 is 3.40. The zero-order valence-corrected chi connectivity index (χ0v) is 14.6. The van der Waals surface area contributed by atoms with Gasteiger partial charge in [-0.05, 0) is 18.2 Å². The molecule has 0 unspecified atom stereocenters. The van der Waals surface area contributed by atoms with E-state index < -0.39 is 8.07 Å². The minimum Gasteiger partial charge on any atom is -0.392 e. The van der Waals surface area contributed by atoms with Crippen molar-refractivity contribution < 1.29 is 9.84 Å². The van der Waals surface area contributed by atoms with Gasteiger partial charge in [-0.2, -0.15) is 0 Å². The molecular weight excluding hydrogens is 338 g/mol. The van der Waals surface area contributed by atoms with Gasteiger partial charge >= 0.3 is 0 Å². The molecule has 7 heteroatoms. The van der Waals surface area contributed by atoms with Crippen LogP contribution in [0, 0.1) is 0 Å². The topological polar surface area (TPSA) is 60.2 Å². The van der Waals surface area contributed by atoms with Crippen molar-refractivity contribution in [1.29, 1.82) is 0 Å². The molecule has 0 atom stereocenters. The smallest absolute Gasteiger partial charge is 0.141 e. The van der Waals surface area contributed by atoms with Crippen LogP contribution >= 0.6 is 15.9 Å². The van der Waals surface area contributed by atoms with Crippen molar-refractivity contribution in [2.45, 2.75) is 39.0 Å². The predicted octanol–water partition coefficient (Wildman–Crippen LogP) is 3.00. The molecule has 0 saturated heterocycles. The Balaban J connectivity index is 2.11. The maximum Gasteiger partial charge on any atom is 0.141 e. The molecular formula is C13H20BrN3O2Si. The molecule has 1 N–H and O–H groups in total. The predicted molar refractivity (Wildman–Crippen MR) is 85.3 cm³/mol. The first-order valence-electron chi connectivity index (χ1n) is 6.61. The first kappa shape index (κ1) is 15.6. The van der Waals surface area contributed by atoms with Crippen LogP contribution in [0.25, 0.3) is 11.0 Å². The van der Waals surface area contributed by atoms with Crippen LogP contribution in [0.2, 0.25) is 25.7 Å². The largest absolute Gasteiger partial charge is 0.392 e. The minimum atomic E-state index is -1.07. The van der Waals surface area contributed by atoms with E-state index in [1.807, 2.05) is 12.1 Å². The highest BCUT2D eigenvalue weighted by molar-refractivity contribution is 9.10. The van der Waals surface area contributed by atoms with Gasteiger partial charge in [-0.3, -0.25) is 0 Å². The van der Waals surface area contributed by atoms with Gasteiger partial charge in [0.25, 0.3) is 0 Å². The lowest BCUT2D eigenvalue weighted by atomic mass is 10.2. The van der Waals surface area contributed by atoms with Gasteiger partial charge in [0.2, 0.25) is 0 Å². The number of ether oxygens (including phenoxy) is 1. The van der Waals surface area contributed by atoms with E-state index >= 15 is 0 Å². The van der Waals surface area contributed by atoms with E-state index in [0.717, 1.165) is 33.7 Å². The fourth-order valence-corrected chi connectivity index (χ4v) is 3.15. The molecule has 0 fully saturated rings. The summed E-state index contributed by atoms with van der Waals surface area (Å²) in [6.07, 6.45) is 0. The number of hydrogen-bond acceptors (Lipinski definition) is 4. The Labute approximate surface area is 128 Å². The third-order valence-corrected chi connectivity index (χ3v) is 5.19. The Bertz CT molecular complexity index is 595. The lowest BCUT2D eigenvalue weighted by molar-refractivity contribution is 0.0800. The van der Waals surface area contributed by atoms with Crippen LogP contribution in [0.15, 0.2) is 16.6 Å². The van der Waals surface area contributed by atoms with Gasteiger partial charge in [-0.25, -0.2) is 4.68 Å². The van der Waals surface area contributed by atoms with Crippen molar-refractivity contribution in [3.63, 3.8) is 0 Å². The van der Waals surface area contributed by atoms with Crippen molar-refractivity contribution in [2.24, 2.45) is 0 Å². The molecule has 0 aliphatic carbocycles. The number of halogens is 1. The van der Waals surface area contributed by atoms with Crippen LogP contribution in [0.4, 0.5) is 0 Å². The Morgan fingerprint density at radius 1 is 1.35 bits per heavy atom. The monoisotopic (exact) mass is 357 g/mol. The number of fused-ring (bicyclic) bond motifs is 1. The fraction of sp³-hybridized carbons (Fsp3) is 0.538. The standard InChI is InChI=1S/C13H20BrN3O2Si/c1-20(2,3)5-4-19-9-17-13-10(8-18)6-11(14)7-12(13)15-16-17/h6-7,18H,4-5,8-9H2,1-3H3. The van der Waals surface area contributed by atoms with Gasteiger partial charge in [0.1, 0.15) is 12.2 Å². The van der Waals surface area contributed by atoms with E-state index in [4.69, 9.17) is 4.74 Å². The highest BCUT2D eigenvalue weighted by Gasteiger charge is 2.13. The van der Waals surface area contributed by atoms with Crippen LogP contribution in [0.5, 0.6) is 0 Å². The third kappa shape index (κ3) is 3.88. The molecule has 0 spiro atoms. The number of aliphatic hydroxyl groups excluding tert-OH is 1. The Kier molecular flexibility index (Phi) is 4.95. The number of aliphatic hydroxyl groups is 1. The average molecular weight is 358 g/mol. The summed E-state index contributed by atoms with van der Waals surface area (Å²) < 4.78 is 8.29. The van der Waals surface area contributed by atoms with E-state index in [9.17, 15) is 5.11 Å². The third-order valence-electron chi connectivity index (χ3n) is 3.03. The zero-order chi connectivity index (χ0) is 14.8. The molecule has 1 aromatic heterocycles. The molecule has 0 amide bonds. The minimum absolute atomic E-state index is 0.0434. The van der Waals surface area contributed by atoms with E-state index in [0.29, 0.717) is 6.73 Å². The first-order chi connectivity index (χ1) is 9.40. The van der Waals surface area contributed by atoms with Crippen molar-refractivity contribution in [3.05, 3.63) is 22.2 Å². The van der Waals surface area contributed by atoms with Crippen LogP contribution < -0.4 is 0 Å². The van der Waals surface area contributed by atoms with Crippen molar-refractivity contribution in [1.82, 2.24) is 15.0 Å². The number of benzene rings is 1. The van der Waals surface area contributed by atoms with Crippen LogP contribution in [0.3, 0.4) is 0 Å². The summed E-state index contributed by atoms with van der Waals surface area (Å²) in [5, 5.41) is 17.7. The first-order valence-corrected chi connectivity index (χ1v) is 11.1. The van der Waals surface area contributed by atoms with Gasteiger partial charge in [-0.15, -0.1) is 5.10 Å². The summed E-state index contributed by atoms with van der Waals surface area (Å²) in [4.78, 5) is 0. The van der Waals surface area contributed by atoms with E-state index in [1.165, 1.54) is 0 Å². The van der Waals surface area contributed by atoms with Crippen molar-refractivity contribution >= 4 is 35.0 Å². The van der Waals surface area contributed by atoms with Gasteiger partial charge in [0, 0.05) is 24.7 Å². The fourth-order valence-electron chi connectivity index (χ4n) is 1.90. The molecule has 5 nitrogen and oxygen atoms in total. The molecule has 110 valence electrons. The summed E-state index contributed by atoms with van der Waals surface area (Å²) in [6, 6.07) is 4.89. The molecule has 0 saturated carbocycles. The van der Waals surface area contributed by atoms with Gasteiger partial charge in [0.15, 0.2) is 0 Å². The summed E-state index contributed by atoms with van der Waals surface area (Å²) in [6.45, 7) is 8.03. The quantitative estimate of drug-likeness (QED) is 0.637. The van der Waals surface area contributed by atoms with E-state index in [-0.39, 0.29) is 6.61 Å². The molecule has 0 aliphatic heterocycles. The average Bonchev–Trinajstić information content (AvgIpc) is 2.75. The number of hydrogen-bond donors (Lipinski definition) is 1. The SMILES string of the molecule is C[Si](C)(C)CCOCn1nnc2cc(Br)cc(CO)c21. The molecule has 0 radical (unpaired) electrons. The van der Waals surface area contributed by atoms with E-state index in [1.54, 1.807) is 4.68 Å². The van der Waals surface area contributed by atoms with Crippen LogP contribution in [-0.2, 0) is 18.1 Å². The van der Waals surface area contributed by atoms with Gasteiger partial charge < -0.3 is 9.84 Å². The highest BCUT2D eigenvalue weighted by Crippen LogP contribution is 2.23. The van der Waals surface area contributed by atoms with Gasteiger partial charge in [-0.1, -0.05) is 40.8 Å². The van der Waals surface area contributed by atoms with E-state index in [2.05, 4.69) is 45.9 Å². The number of aromatic nitrogens is 3. The molecule has 0 aliphatic rings. The molecule has 1 heterocycles. The lowest BCUT2D eigenvalue weighted by Gasteiger charge is -2.15. The molecule has 20 heavy (non-hydrogen) atoms. The second-order valence-corrected chi connectivity index (χ2v) is 12.6. The Morgan fingerprint density at radius 3 is 2.75 bits per heavy atom. The molecule has 2 aromatic rings. The Morgan fingerprint density at radius 2 is 2.10 bits per heavy atom. The summed E-state index contributed by atoms with van der Waals surface area (Å²) in [5.74, 6) is 0. The lowest BCUT2D eigenvalue weighted by Crippen LogP contribution is -2.22. The van der Waals surface area contributed by atoms with Crippen molar-refractivity contribution in [3.8, 4) is 0 Å². The maximum atomic E-state index is 9.46. The maximum absolute atomic E-state index is 9.46.